The number of nitrogens with zero attached hydrogens (tertiary/aromatic N) is 1. The van der Waals surface area contributed by atoms with Crippen molar-refractivity contribution in [3.63, 3.8) is 0 Å². The lowest BCUT2D eigenvalue weighted by Gasteiger charge is -2.14. The van der Waals surface area contributed by atoms with Crippen LogP contribution in [-0.4, -0.2) is 43.9 Å². The molecule has 0 spiro atoms. The maximum absolute atomic E-state index is 12.6. The molecule has 1 fully saturated rings. The van der Waals surface area contributed by atoms with E-state index >= 15 is 0 Å². The third-order valence-electron chi connectivity index (χ3n) is 4.16. The molecule has 0 unspecified atom stereocenters. The molecule has 0 aromatic heterocycles. The van der Waals surface area contributed by atoms with E-state index in [1.54, 1.807) is 37.5 Å². The fraction of sp³-hybridized carbons (Fsp3) is 0.105. The molecule has 0 aliphatic carbocycles. The molecule has 4 N–H and O–H groups in total. The number of anilines is 1. The van der Waals surface area contributed by atoms with Crippen LogP contribution in [0.5, 0.6) is 5.75 Å². The quantitative estimate of drug-likeness (QED) is 0.446. The van der Waals surface area contributed by atoms with Gasteiger partial charge in [0, 0.05) is 5.69 Å². The van der Waals surface area contributed by atoms with Crippen molar-refractivity contribution in [3.8, 4) is 5.75 Å². The molecule has 1 saturated heterocycles. The Kier molecular flexibility index (Phi) is 6.15. The summed E-state index contributed by atoms with van der Waals surface area (Å²) in [6.45, 7) is -0.304. The Morgan fingerprint density at radius 1 is 1.20 bits per heavy atom. The molecule has 2 amide bonds. The standard InChI is InChI=1S/C19H18N4O5S2/c1-28-14-6-2-12(3-7-14)10-16-18(25)23(19(29)22-16)11-17(24)21-13-4-8-15(9-5-13)30(20,26)27/h2-10H,11H2,1H3,(H,21,24)(H,22,29)(H2,20,26,27)/b16-10+. The summed E-state index contributed by atoms with van der Waals surface area (Å²) in [5, 5.41) is 10.5. The molecule has 0 bridgehead atoms. The van der Waals surface area contributed by atoms with Crippen molar-refractivity contribution < 1.29 is 22.7 Å². The van der Waals surface area contributed by atoms with E-state index in [4.69, 9.17) is 22.1 Å². The van der Waals surface area contributed by atoms with Gasteiger partial charge in [0.15, 0.2) is 5.11 Å². The molecule has 0 atom stereocenters. The lowest BCUT2D eigenvalue weighted by molar-refractivity contribution is -0.126. The molecule has 11 heteroatoms. The number of carbonyl (C=O) groups is 2. The summed E-state index contributed by atoms with van der Waals surface area (Å²) < 4.78 is 27.6. The summed E-state index contributed by atoms with van der Waals surface area (Å²) in [6.07, 6.45) is 1.62. The van der Waals surface area contributed by atoms with Crippen LogP contribution in [0, 0.1) is 0 Å². The largest absolute Gasteiger partial charge is 0.497 e. The molecular weight excluding hydrogens is 428 g/mol. The highest BCUT2D eigenvalue weighted by molar-refractivity contribution is 7.89. The number of primary sulfonamides is 1. The molecule has 2 aromatic rings. The maximum atomic E-state index is 12.6. The van der Waals surface area contributed by atoms with Crippen molar-refractivity contribution in [2.45, 2.75) is 4.90 Å². The van der Waals surface area contributed by atoms with E-state index in [0.29, 0.717) is 11.4 Å². The molecule has 0 radical (unpaired) electrons. The van der Waals surface area contributed by atoms with E-state index in [2.05, 4.69) is 10.6 Å². The van der Waals surface area contributed by atoms with Crippen molar-refractivity contribution >= 4 is 50.9 Å². The number of rotatable bonds is 6. The summed E-state index contributed by atoms with van der Waals surface area (Å²) in [6, 6.07) is 12.4. The molecule has 1 aliphatic heterocycles. The number of ether oxygens (including phenoxy) is 1. The van der Waals surface area contributed by atoms with Crippen LogP contribution < -0.4 is 20.5 Å². The molecule has 30 heavy (non-hydrogen) atoms. The summed E-state index contributed by atoms with van der Waals surface area (Å²) in [5.74, 6) is -0.245. The molecule has 0 saturated carbocycles. The molecule has 9 nitrogen and oxygen atoms in total. The second-order valence-electron chi connectivity index (χ2n) is 6.27. The molecular formula is C19H18N4O5S2. The van der Waals surface area contributed by atoms with Crippen LogP contribution in [0.25, 0.3) is 6.08 Å². The van der Waals surface area contributed by atoms with Crippen LogP contribution in [0.2, 0.25) is 0 Å². The Morgan fingerprint density at radius 2 is 1.83 bits per heavy atom. The number of thiocarbonyl (C=S) groups is 1. The van der Waals surface area contributed by atoms with Crippen LogP contribution in [0.1, 0.15) is 5.56 Å². The molecule has 2 aromatic carbocycles. The third-order valence-corrected chi connectivity index (χ3v) is 5.41. The molecule has 1 heterocycles. The predicted octanol–water partition coefficient (Wildman–Crippen LogP) is 1.04. The van der Waals surface area contributed by atoms with Gasteiger partial charge in [-0.25, -0.2) is 13.6 Å². The van der Waals surface area contributed by atoms with Gasteiger partial charge in [0.25, 0.3) is 5.91 Å². The second-order valence-corrected chi connectivity index (χ2v) is 8.22. The summed E-state index contributed by atoms with van der Waals surface area (Å²) in [5.41, 5.74) is 1.36. The first kappa shape index (κ1) is 21.4. The minimum absolute atomic E-state index is 0.0751. The van der Waals surface area contributed by atoms with Gasteiger partial charge in [0.2, 0.25) is 15.9 Å². The van der Waals surface area contributed by atoms with Crippen molar-refractivity contribution in [1.82, 2.24) is 10.2 Å². The Labute approximate surface area is 178 Å². The van der Waals surface area contributed by atoms with Crippen molar-refractivity contribution in [2.75, 3.05) is 19.0 Å². The van der Waals surface area contributed by atoms with Gasteiger partial charge in [-0.15, -0.1) is 0 Å². The lowest BCUT2D eigenvalue weighted by atomic mass is 10.2. The van der Waals surface area contributed by atoms with Crippen molar-refractivity contribution in [2.24, 2.45) is 5.14 Å². The number of nitrogens with one attached hydrogen (secondary N) is 2. The van der Waals surface area contributed by atoms with Gasteiger partial charge < -0.3 is 15.4 Å². The number of nitrogens with two attached hydrogens (primary N) is 1. The number of amides is 2. The number of methoxy groups -OCH3 is 1. The molecule has 156 valence electrons. The minimum Gasteiger partial charge on any atom is -0.497 e. The van der Waals surface area contributed by atoms with E-state index in [1.807, 2.05) is 0 Å². The highest BCUT2D eigenvalue weighted by Crippen LogP contribution is 2.18. The summed E-state index contributed by atoms with van der Waals surface area (Å²) >= 11 is 5.16. The van der Waals surface area contributed by atoms with Crippen LogP contribution >= 0.6 is 12.2 Å². The second kappa shape index (κ2) is 8.61. The third kappa shape index (κ3) is 5.00. The highest BCUT2D eigenvalue weighted by atomic mass is 32.2. The van der Waals surface area contributed by atoms with Crippen LogP contribution in [0.4, 0.5) is 5.69 Å². The van der Waals surface area contributed by atoms with Gasteiger partial charge in [-0.1, -0.05) is 12.1 Å². The topological polar surface area (TPSA) is 131 Å². The minimum atomic E-state index is -3.82. The Morgan fingerprint density at radius 3 is 2.40 bits per heavy atom. The van der Waals surface area contributed by atoms with Gasteiger partial charge in [-0.3, -0.25) is 14.5 Å². The van der Waals surface area contributed by atoms with E-state index in [0.717, 1.165) is 10.5 Å². The van der Waals surface area contributed by atoms with E-state index < -0.39 is 21.8 Å². The average molecular weight is 447 g/mol. The Hall–Kier alpha value is -3.28. The van der Waals surface area contributed by atoms with E-state index in [-0.39, 0.29) is 22.2 Å². The number of benzene rings is 2. The lowest BCUT2D eigenvalue weighted by Crippen LogP contribution is -2.37. The van der Waals surface area contributed by atoms with Gasteiger partial charge in [-0.05, 0) is 60.3 Å². The zero-order valence-electron chi connectivity index (χ0n) is 15.8. The number of carbonyl (C=O) groups excluding carboxylic acids is 2. The first-order chi connectivity index (χ1) is 14.2. The highest BCUT2D eigenvalue weighted by Gasteiger charge is 2.32. The number of hydrogen-bond acceptors (Lipinski definition) is 6. The SMILES string of the molecule is COc1ccc(/C=C2/NC(=S)N(CC(=O)Nc3ccc(S(N)(=O)=O)cc3)C2=O)cc1. The van der Waals surface area contributed by atoms with Crippen LogP contribution in [0.3, 0.4) is 0 Å². The Balaban J connectivity index is 1.66. The number of sulfonamides is 1. The fourth-order valence-corrected chi connectivity index (χ4v) is 3.43. The van der Waals surface area contributed by atoms with Gasteiger partial charge in [0.05, 0.1) is 12.0 Å². The monoisotopic (exact) mass is 446 g/mol. The van der Waals surface area contributed by atoms with Crippen LogP contribution in [0.15, 0.2) is 59.1 Å². The van der Waals surface area contributed by atoms with Gasteiger partial charge in [-0.2, -0.15) is 0 Å². The fourth-order valence-electron chi connectivity index (χ4n) is 2.65. The van der Waals surface area contributed by atoms with Gasteiger partial charge >= 0.3 is 0 Å². The smallest absolute Gasteiger partial charge is 0.277 e. The normalized spacial score (nSPS) is 15.3. The number of hydrogen-bond donors (Lipinski definition) is 3. The van der Waals surface area contributed by atoms with E-state index in [1.165, 1.54) is 24.3 Å². The summed E-state index contributed by atoms with van der Waals surface area (Å²) in [4.78, 5) is 26.0. The van der Waals surface area contributed by atoms with Crippen molar-refractivity contribution in [1.29, 1.82) is 0 Å². The maximum Gasteiger partial charge on any atom is 0.277 e. The predicted molar refractivity (Wildman–Crippen MR) is 115 cm³/mol. The first-order valence-electron chi connectivity index (χ1n) is 8.58. The molecule has 3 rings (SSSR count). The van der Waals surface area contributed by atoms with Crippen LogP contribution in [-0.2, 0) is 19.6 Å². The average Bonchev–Trinajstić information content (AvgIpc) is 2.95. The molecule has 1 aliphatic rings. The van der Waals surface area contributed by atoms with E-state index in [9.17, 15) is 18.0 Å². The zero-order valence-corrected chi connectivity index (χ0v) is 17.4. The summed E-state index contributed by atoms with van der Waals surface area (Å²) in [7, 11) is -2.26. The zero-order chi connectivity index (χ0) is 21.9. The van der Waals surface area contributed by atoms with Crippen molar-refractivity contribution in [3.05, 3.63) is 59.8 Å². The first-order valence-corrected chi connectivity index (χ1v) is 10.5. The Bertz CT molecular complexity index is 1130. The van der Waals surface area contributed by atoms with Gasteiger partial charge in [0.1, 0.15) is 18.0 Å².